The van der Waals surface area contributed by atoms with Crippen LogP contribution in [0.1, 0.15) is 11.3 Å². The summed E-state index contributed by atoms with van der Waals surface area (Å²) in [7, 11) is 0. The molecule has 1 aromatic heterocycles. The van der Waals surface area contributed by atoms with Crippen molar-refractivity contribution in [2.24, 2.45) is 0 Å². The molecule has 68 valence electrons. The molecule has 0 radical (unpaired) electrons. The van der Waals surface area contributed by atoms with Crippen LogP contribution < -0.4 is 0 Å². The van der Waals surface area contributed by atoms with Gasteiger partial charge < -0.3 is 0 Å². The molecule has 0 atom stereocenters. The van der Waals surface area contributed by atoms with E-state index in [1.165, 1.54) is 3.57 Å². The largest absolute Gasteiger partial charge is 0.237 e. The van der Waals surface area contributed by atoms with Crippen LogP contribution in [0.5, 0.6) is 0 Å². The minimum absolute atomic E-state index is 0.475. The summed E-state index contributed by atoms with van der Waals surface area (Å²) in [5.41, 5.74) is 2.51. The number of nitriles is 1. The normalized spacial score (nSPS) is 10.1. The number of pyridine rings is 1. The molecule has 0 aliphatic rings. The Bertz CT molecular complexity index is 541. The number of hydrogen-bond donors (Lipinski definition) is 0. The number of aryl methyl sites for hydroxylation is 1. The van der Waals surface area contributed by atoms with Crippen LogP contribution in [0.4, 0.5) is 0 Å². The molecule has 2 rings (SSSR count). The lowest BCUT2D eigenvalue weighted by Crippen LogP contribution is -1.89. The van der Waals surface area contributed by atoms with Crippen molar-refractivity contribution in [3.63, 3.8) is 0 Å². The first kappa shape index (κ1) is 9.41. The Labute approximate surface area is 95.7 Å². The summed E-state index contributed by atoms with van der Waals surface area (Å²) in [5.74, 6) is 0. The molecule has 0 spiro atoms. The first-order valence-corrected chi connectivity index (χ1v) is 5.26. The predicted octanol–water partition coefficient (Wildman–Crippen LogP) is 3.02. The van der Waals surface area contributed by atoms with Crippen LogP contribution in [0.25, 0.3) is 10.9 Å². The third-order valence-electron chi connectivity index (χ3n) is 2.12. The van der Waals surface area contributed by atoms with E-state index in [4.69, 9.17) is 5.26 Å². The molecule has 0 bridgehead atoms. The molecule has 0 aliphatic heterocycles. The molecular formula is C11H7IN2. The molecule has 0 N–H and O–H groups in total. The molecule has 0 aliphatic carbocycles. The van der Waals surface area contributed by atoms with Gasteiger partial charge in [0.1, 0.15) is 11.8 Å². The Morgan fingerprint density at radius 2 is 2.07 bits per heavy atom. The zero-order chi connectivity index (χ0) is 10.1. The molecular weight excluding hydrogens is 287 g/mol. The van der Waals surface area contributed by atoms with Gasteiger partial charge in [0.25, 0.3) is 0 Å². The second-order valence-corrected chi connectivity index (χ2v) is 4.23. The van der Waals surface area contributed by atoms with E-state index in [0.29, 0.717) is 5.69 Å². The maximum atomic E-state index is 8.74. The minimum atomic E-state index is 0.475. The highest BCUT2D eigenvalue weighted by atomic mass is 127. The fraction of sp³-hybridized carbons (Fsp3) is 0.0909. The lowest BCUT2D eigenvalue weighted by molar-refractivity contribution is 1.30. The van der Waals surface area contributed by atoms with E-state index in [9.17, 15) is 0 Å². The van der Waals surface area contributed by atoms with Crippen molar-refractivity contribution in [1.29, 1.82) is 5.26 Å². The molecule has 0 saturated carbocycles. The summed E-state index contributed by atoms with van der Waals surface area (Å²) in [4.78, 5) is 4.29. The van der Waals surface area contributed by atoms with Crippen LogP contribution >= 0.6 is 22.6 Å². The molecule has 0 saturated heterocycles. The Morgan fingerprint density at radius 3 is 2.79 bits per heavy atom. The Morgan fingerprint density at radius 1 is 1.29 bits per heavy atom. The van der Waals surface area contributed by atoms with Gasteiger partial charge in [-0.3, -0.25) is 0 Å². The summed E-state index contributed by atoms with van der Waals surface area (Å²) in [6.07, 6.45) is 0. The van der Waals surface area contributed by atoms with Crippen LogP contribution in [0, 0.1) is 21.8 Å². The number of nitrogens with zero attached hydrogens (tertiary/aromatic N) is 2. The quantitative estimate of drug-likeness (QED) is 0.700. The summed E-state index contributed by atoms with van der Waals surface area (Å²) < 4.78 is 1.17. The molecule has 1 heterocycles. The van der Waals surface area contributed by atoms with Gasteiger partial charge in [0, 0.05) is 8.96 Å². The lowest BCUT2D eigenvalue weighted by atomic mass is 10.1. The Balaban J connectivity index is 2.89. The van der Waals surface area contributed by atoms with E-state index in [-0.39, 0.29) is 0 Å². The summed E-state index contributed by atoms with van der Waals surface area (Å²) in [6.45, 7) is 2.01. The summed E-state index contributed by atoms with van der Waals surface area (Å²) in [6, 6.07) is 9.85. The van der Waals surface area contributed by atoms with E-state index >= 15 is 0 Å². The fourth-order valence-electron chi connectivity index (χ4n) is 1.38. The van der Waals surface area contributed by atoms with Gasteiger partial charge in [0.05, 0.1) is 5.52 Å². The predicted molar refractivity (Wildman–Crippen MR) is 63.9 cm³/mol. The SMILES string of the molecule is Cc1ccc(I)c2ccc(C#N)nc12. The van der Waals surface area contributed by atoms with Crippen LogP contribution in [-0.2, 0) is 0 Å². The summed E-state index contributed by atoms with van der Waals surface area (Å²) >= 11 is 2.28. The molecule has 3 heteroatoms. The molecule has 2 nitrogen and oxygen atoms in total. The van der Waals surface area contributed by atoms with Gasteiger partial charge in [-0.1, -0.05) is 6.07 Å². The number of benzene rings is 1. The maximum absolute atomic E-state index is 8.74. The zero-order valence-corrected chi connectivity index (χ0v) is 9.74. The first-order chi connectivity index (χ1) is 6.72. The van der Waals surface area contributed by atoms with Gasteiger partial charge in [0.2, 0.25) is 0 Å². The van der Waals surface area contributed by atoms with Gasteiger partial charge in [-0.05, 0) is 53.3 Å². The van der Waals surface area contributed by atoms with Gasteiger partial charge in [-0.25, -0.2) is 4.98 Å². The third-order valence-corrected chi connectivity index (χ3v) is 3.06. The highest BCUT2D eigenvalue weighted by Gasteiger charge is 2.03. The number of fused-ring (bicyclic) bond motifs is 1. The van der Waals surface area contributed by atoms with Gasteiger partial charge in [-0.2, -0.15) is 5.26 Å². The van der Waals surface area contributed by atoms with Crippen molar-refractivity contribution in [3.05, 3.63) is 39.1 Å². The number of halogens is 1. The number of hydrogen-bond acceptors (Lipinski definition) is 2. The van der Waals surface area contributed by atoms with Crippen molar-refractivity contribution in [2.45, 2.75) is 6.92 Å². The highest BCUT2D eigenvalue weighted by molar-refractivity contribution is 14.1. The average Bonchev–Trinajstić information content (AvgIpc) is 2.23. The first-order valence-electron chi connectivity index (χ1n) is 4.18. The van der Waals surface area contributed by atoms with Crippen LogP contribution in [0.3, 0.4) is 0 Å². The van der Waals surface area contributed by atoms with Crippen molar-refractivity contribution >= 4 is 33.5 Å². The maximum Gasteiger partial charge on any atom is 0.141 e. The van der Waals surface area contributed by atoms with Crippen molar-refractivity contribution < 1.29 is 0 Å². The Kier molecular flexibility index (Phi) is 2.38. The van der Waals surface area contributed by atoms with Crippen LogP contribution in [-0.4, -0.2) is 4.98 Å². The molecule has 1 aromatic carbocycles. The van der Waals surface area contributed by atoms with Crippen LogP contribution in [0.2, 0.25) is 0 Å². The second-order valence-electron chi connectivity index (χ2n) is 3.07. The van der Waals surface area contributed by atoms with Gasteiger partial charge in [0.15, 0.2) is 0 Å². The third kappa shape index (κ3) is 1.46. The molecule has 0 amide bonds. The monoisotopic (exact) mass is 294 g/mol. The van der Waals surface area contributed by atoms with Crippen molar-refractivity contribution in [1.82, 2.24) is 4.98 Å². The van der Waals surface area contributed by atoms with Gasteiger partial charge in [-0.15, -0.1) is 0 Å². The number of rotatable bonds is 0. The van der Waals surface area contributed by atoms with E-state index in [1.807, 2.05) is 19.1 Å². The van der Waals surface area contributed by atoms with Gasteiger partial charge >= 0.3 is 0 Å². The molecule has 14 heavy (non-hydrogen) atoms. The molecule has 0 fully saturated rings. The second kappa shape index (κ2) is 3.54. The molecule has 2 aromatic rings. The van der Waals surface area contributed by atoms with E-state index in [0.717, 1.165) is 16.5 Å². The number of aromatic nitrogens is 1. The standard InChI is InChI=1S/C11H7IN2/c1-7-2-5-10(12)9-4-3-8(6-13)14-11(7)9/h2-5H,1H3. The topological polar surface area (TPSA) is 36.7 Å². The smallest absolute Gasteiger partial charge is 0.141 e. The van der Waals surface area contributed by atoms with Crippen molar-refractivity contribution in [3.8, 4) is 6.07 Å². The van der Waals surface area contributed by atoms with Crippen LogP contribution in [0.15, 0.2) is 24.3 Å². The highest BCUT2D eigenvalue weighted by Crippen LogP contribution is 2.22. The average molecular weight is 294 g/mol. The van der Waals surface area contributed by atoms with Crippen molar-refractivity contribution in [2.75, 3.05) is 0 Å². The summed E-state index contributed by atoms with van der Waals surface area (Å²) in [5, 5.41) is 9.86. The lowest BCUT2D eigenvalue weighted by Gasteiger charge is -2.03. The van der Waals surface area contributed by atoms with E-state index in [2.05, 4.69) is 39.7 Å². The van der Waals surface area contributed by atoms with E-state index in [1.54, 1.807) is 6.07 Å². The van der Waals surface area contributed by atoms with E-state index < -0.39 is 0 Å². The zero-order valence-electron chi connectivity index (χ0n) is 7.58. The molecule has 0 unspecified atom stereocenters. The Hall–Kier alpha value is -1.15. The fourth-order valence-corrected chi connectivity index (χ4v) is 2.00. The minimum Gasteiger partial charge on any atom is -0.237 e.